The van der Waals surface area contributed by atoms with Crippen LogP contribution in [0.4, 0.5) is 0 Å². The van der Waals surface area contributed by atoms with E-state index in [4.69, 9.17) is 9.31 Å². The van der Waals surface area contributed by atoms with Gasteiger partial charge in [-0.05, 0) is 94.9 Å². The largest absolute Gasteiger partial charge is 0.481 e. The number of fused-ring (bicyclic) bond motifs is 2. The van der Waals surface area contributed by atoms with Gasteiger partial charge in [0.05, 0.1) is 29.9 Å². The monoisotopic (exact) mass is 764 g/mol. The van der Waals surface area contributed by atoms with Gasteiger partial charge >= 0.3 is 7.12 Å². The van der Waals surface area contributed by atoms with Crippen LogP contribution in [0.25, 0.3) is 21.5 Å². The third-order valence-electron chi connectivity index (χ3n) is 13.2. The van der Waals surface area contributed by atoms with Gasteiger partial charge in [0.15, 0.2) is 5.78 Å². The number of benzene rings is 4. The number of amides is 2. The molecule has 1 saturated heterocycles. The first-order valence-corrected chi connectivity index (χ1v) is 20.6. The Morgan fingerprint density at radius 3 is 2.09 bits per heavy atom. The molecule has 3 aliphatic carbocycles. The average molecular weight is 765 g/mol. The quantitative estimate of drug-likeness (QED) is 0.111. The fraction of sp³-hybridized carbons (Fsp3) is 0.426. The topological polar surface area (TPSA) is 120 Å². The summed E-state index contributed by atoms with van der Waals surface area (Å²) < 4.78 is 13.6. The molecule has 0 spiro atoms. The summed E-state index contributed by atoms with van der Waals surface area (Å²) in [6.45, 7) is 11.1. The van der Waals surface area contributed by atoms with E-state index in [9.17, 15) is 14.4 Å². The molecule has 7 atom stereocenters. The third-order valence-corrected chi connectivity index (χ3v) is 13.2. The van der Waals surface area contributed by atoms with Gasteiger partial charge in [0.25, 0.3) is 5.91 Å². The van der Waals surface area contributed by atoms with E-state index < -0.39 is 36.5 Å². The number of carbonyl (C=O) groups excluding carboxylic acids is 3. The summed E-state index contributed by atoms with van der Waals surface area (Å²) in [5.41, 5.74) is 1.73. The SMILES string of the molecule is CC(C)C[C@H](NC(=O)[C@@H](CC(=O)[C@H](Cc1ccc2ccccc2c1)NC(=O)c1cnccn1)Cc1ccc2ccccc2c1)B1OC2CC3C[C@@H](C3(C)C)[C@]2(C)O1. The second-order valence-corrected chi connectivity index (χ2v) is 17.8. The minimum Gasteiger partial charge on any atom is -0.404 e. The van der Waals surface area contributed by atoms with Crippen LogP contribution in [0.5, 0.6) is 0 Å². The molecule has 4 fully saturated rings. The van der Waals surface area contributed by atoms with Crippen LogP contribution >= 0.6 is 0 Å². The Kier molecular flexibility index (Phi) is 10.8. The minimum absolute atomic E-state index is 0.0189. The van der Waals surface area contributed by atoms with Crippen molar-refractivity contribution in [1.29, 1.82) is 0 Å². The number of hydrogen-bond acceptors (Lipinski definition) is 7. The van der Waals surface area contributed by atoms with E-state index in [1.54, 1.807) is 0 Å². The molecule has 2 bridgehead atoms. The number of ketones is 1. The third kappa shape index (κ3) is 7.99. The van der Waals surface area contributed by atoms with Gasteiger partial charge in [0.2, 0.25) is 5.91 Å². The number of nitrogens with zero attached hydrogens (tertiary/aromatic N) is 2. The average Bonchev–Trinajstić information content (AvgIpc) is 3.57. The van der Waals surface area contributed by atoms with Crippen molar-refractivity contribution < 1.29 is 23.7 Å². The van der Waals surface area contributed by atoms with Crippen LogP contribution in [0.15, 0.2) is 104 Å². The van der Waals surface area contributed by atoms with Crippen molar-refractivity contribution in [3.63, 3.8) is 0 Å². The lowest BCUT2D eigenvalue weighted by Crippen LogP contribution is -2.65. The fourth-order valence-electron chi connectivity index (χ4n) is 9.91. The maximum Gasteiger partial charge on any atom is 0.481 e. The molecular weight excluding hydrogens is 711 g/mol. The zero-order valence-electron chi connectivity index (χ0n) is 33.6. The van der Waals surface area contributed by atoms with E-state index in [0.29, 0.717) is 24.7 Å². The zero-order valence-corrected chi connectivity index (χ0v) is 33.6. The van der Waals surface area contributed by atoms with Gasteiger partial charge in [-0.1, -0.05) is 113 Å². The van der Waals surface area contributed by atoms with E-state index in [2.05, 4.69) is 79.5 Å². The number of hydrogen-bond donors (Lipinski definition) is 2. The Morgan fingerprint density at radius 2 is 1.47 bits per heavy atom. The highest BCUT2D eigenvalue weighted by Crippen LogP contribution is 2.65. The summed E-state index contributed by atoms with van der Waals surface area (Å²) in [6.07, 6.45) is 7.56. The number of aromatic nitrogens is 2. The molecule has 2 N–H and O–H groups in total. The first kappa shape index (κ1) is 38.9. The maximum absolute atomic E-state index is 14.8. The van der Waals surface area contributed by atoms with Crippen molar-refractivity contribution in [1.82, 2.24) is 20.6 Å². The minimum atomic E-state index is -0.918. The van der Waals surface area contributed by atoms with Crippen LogP contribution in [0.2, 0.25) is 0 Å². The highest BCUT2D eigenvalue weighted by molar-refractivity contribution is 6.48. The van der Waals surface area contributed by atoms with Gasteiger partial charge in [-0.3, -0.25) is 19.4 Å². The fourth-order valence-corrected chi connectivity index (χ4v) is 9.91. The molecule has 4 aliphatic rings. The van der Waals surface area contributed by atoms with Crippen molar-refractivity contribution in [3.8, 4) is 0 Å². The zero-order chi connectivity index (χ0) is 39.9. The predicted molar refractivity (Wildman–Crippen MR) is 223 cm³/mol. The van der Waals surface area contributed by atoms with Crippen molar-refractivity contribution in [3.05, 3.63) is 120 Å². The van der Waals surface area contributed by atoms with Crippen LogP contribution < -0.4 is 10.6 Å². The molecule has 57 heavy (non-hydrogen) atoms. The van der Waals surface area contributed by atoms with E-state index >= 15 is 0 Å². The lowest BCUT2D eigenvalue weighted by molar-refractivity contribution is -0.199. The number of Topliss-reactive ketones (excluding diaryl/α,β-unsaturated/α-hetero) is 1. The summed E-state index contributed by atoms with van der Waals surface area (Å²) in [5.74, 6) is -0.850. The van der Waals surface area contributed by atoms with Gasteiger partial charge in [-0.25, -0.2) is 4.98 Å². The van der Waals surface area contributed by atoms with Crippen LogP contribution in [0, 0.1) is 29.1 Å². The molecule has 2 amide bonds. The molecule has 1 aromatic heterocycles. The standard InChI is InChI=1S/C47H53BN4O5/c1-29(2)20-43(48-56-42-27-37-26-41(46(37,3)4)47(42,5)57-48)52-44(54)36(23-30-14-16-32-10-6-8-12-34(32)21-30)25-40(53)38(51-45(55)39-28-49-18-19-50-39)24-31-15-17-33-11-7-9-13-35(33)22-31/h6-19,21-22,28-29,36-38,41-43H,20,23-27H2,1-5H3,(H,51,55)(H,52,54)/t36-,37?,38+,41+,42?,43+,47+/m1/s1. The molecule has 9 nitrogen and oxygen atoms in total. The van der Waals surface area contributed by atoms with Crippen molar-refractivity contribution in [2.24, 2.45) is 29.1 Å². The first-order valence-electron chi connectivity index (χ1n) is 20.6. The van der Waals surface area contributed by atoms with Crippen LogP contribution in [-0.2, 0) is 31.7 Å². The molecule has 294 valence electrons. The van der Waals surface area contributed by atoms with Gasteiger partial charge in [0, 0.05) is 24.7 Å². The van der Waals surface area contributed by atoms with E-state index in [0.717, 1.165) is 45.5 Å². The number of nitrogens with one attached hydrogen (secondary N) is 2. The van der Waals surface area contributed by atoms with E-state index in [1.165, 1.54) is 18.6 Å². The first-order chi connectivity index (χ1) is 27.4. The molecule has 2 unspecified atom stereocenters. The molecule has 1 aliphatic heterocycles. The molecule has 3 saturated carbocycles. The number of rotatable bonds is 14. The normalized spacial score (nSPS) is 23.7. The smallest absolute Gasteiger partial charge is 0.404 e. The lowest BCUT2D eigenvalue weighted by atomic mass is 9.43. The van der Waals surface area contributed by atoms with E-state index in [-0.39, 0.29) is 47.7 Å². The summed E-state index contributed by atoms with van der Waals surface area (Å²) in [6, 6.07) is 27.5. The van der Waals surface area contributed by atoms with Crippen molar-refractivity contribution in [2.75, 3.05) is 0 Å². The predicted octanol–water partition coefficient (Wildman–Crippen LogP) is 7.74. The van der Waals surface area contributed by atoms with Gasteiger partial charge in [-0.2, -0.15) is 0 Å². The van der Waals surface area contributed by atoms with Gasteiger partial charge in [-0.15, -0.1) is 0 Å². The van der Waals surface area contributed by atoms with Gasteiger partial charge in [0.1, 0.15) is 5.69 Å². The number of carbonyl (C=O) groups is 3. The molecule has 0 radical (unpaired) electrons. The molecule has 2 heterocycles. The second kappa shape index (κ2) is 15.8. The summed E-state index contributed by atoms with van der Waals surface area (Å²) in [4.78, 5) is 51.2. The van der Waals surface area contributed by atoms with Crippen molar-refractivity contribution in [2.45, 2.75) is 96.8 Å². The lowest BCUT2D eigenvalue weighted by Gasteiger charge is -2.64. The summed E-state index contributed by atoms with van der Waals surface area (Å²) in [7, 11) is -0.592. The Balaban J connectivity index is 1.08. The van der Waals surface area contributed by atoms with Gasteiger partial charge < -0.3 is 19.9 Å². The summed E-state index contributed by atoms with van der Waals surface area (Å²) in [5, 5.41) is 10.6. The second-order valence-electron chi connectivity index (χ2n) is 17.8. The molecular formula is C47H53BN4O5. The molecule has 4 aromatic carbocycles. The van der Waals surface area contributed by atoms with Crippen LogP contribution in [0.3, 0.4) is 0 Å². The van der Waals surface area contributed by atoms with Crippen LogP contribution in [0.1, 0.15) is 81.9 Å². The van der Waals surface area contributed by atoms with Crippen molar-refractivity contribution >= 4 is 46.3 Å². The summed E-state index contributed by atoms with van der Waals surface area (Å²) >= 11 is 0. The molecule has 9 rings (SSSR count). The van der Waals surface area contributed by atoms with Crippen LogP contribution in [-0.4, -0.2) is 58.4 Å². The Hall–Kier alpha value is -4.93. The van der Waals surface area contributed by atoms with E-state index in [1.807, 2.05) is 60.7 Å². The highest BCUT2D eigenvalue weighted by atomic mass is 16.7. The molecule has 5 aromatic rings. The Labute approximate surface area is 335 Å². The Morgan fingerprint density at radius 1 is 0.825 bits per heavy atom. The highest BCUT2D eigenvalue weighted by Gasteiger charge is 2.68. The Bertz CT molecular complexity index is 2280. The maximum atomic E-state index is 14.8. The molecule has 10 heteroatoms.